The average molecular weight is 238 g/mol. The Labute approximate surface area is 101 Å². The van der Waals surface area contributed by atoms with E-state index in [2.05, 4.69) is 10.3 Å². The maximum absolute atomic E-state index is 10.7. The molecule has 5 heteroatoms. The van der Waals surface area contributed by atoms with Crippen LogP contribution in [-0.4, -0.2) is 33.3 Å². The number of carboxylic acids is 1. The van der Waals surface area contributed by atoms with Crippen LogP contribution in [0.3, 0.4) is 0 Å². The van der Waals surface area contributed by atoms with Gasteiger partial charge in [-0.3, -0.25) is 4.98 Å². The van der Waals surface area contributed by atoms with Crippen LogP contribution in [0.5, 0.6) is 0 Å². The smallest absolute Gasteiger partial charge is 0.336 e. The number of nitrogens with one attached hydrogen (secondary N) is 1. The average Bonchev–Trinajstić information content (AvgIpc) is 2.29. The van der Waals surface area contributed by atoms with E-state index in [9.17, 15) is 9.90 Å². The Hall–Kier alpha value is -1.46. The van der Waals surface area contributed by atoms with Crippen molar-refractivity contribution in [3.05, 3.63) is 29.6 Å². The quantitative estimate of drug-likeness (QED) is 0.675. The summed E-state index contributed by atoms with van der Waals surface area (Å²) >= 11 is 0. The molecule has 0 saturated carbocycles. The third-order valence-corrected chi connectivity index (χ3v) is 2.59. The van der Waals surface area contributed by atoms with E-state index in [-0.39, 0.29) is 6.54 Å². The molecule has 0 spiro atoms. The van der Waals surface area contributed by atoms with Crippen LogP contribution in [0.25, 0.3) is 0 Å². The second-order valence-electron chi connectivity index (χ2n) is 4.15. The number of hydrogen-bond donors (Lipinski definition) is 3. The first kappa shape index (κ1) is 13.6. The Balaban J connectivity index is 2.54. The highest BCUT2D eigenvalue weighted by atomic mass is 16.4. The van der Waals surface area contributed by atoms with Crippen LogP contribution in [0, 0.1) is 0 Å². The molecule has 3 N–H and O–H groups in total. The van der Waals surface area contributed by atoms with Gasteiger partial charge in [0.15, 0.2) is 5.60 Å². The van der Waals surface area contributed by atoms with Gasteiger partial charge in [0, 0.05) is 19.3 Å². The largest absolute Gasteiger partial charge is 0.479 e. The van der Waals surface area contributed by atoms with Crippen molar-refractivity contribution in [2.24, 2.45) is 0 Å². The molecule has 0 aliphatic heterocycles. The lowest BCUT2D eigenvalue weighted by molar-refractivity contribution is -0.156. The number of rotatable bonds is 6. The molecule has 1 aromatic rings. The summed E-state index contributed by atoms with van der Waals surface area (Å²) in [5.41, 5.74) is 0.257. The first-order valence-corrected chi connectivity index (χ1v) is 5.56. The number of pyridine rings is 1. The standard InChI is InChI=1S/C12H18N2O3/c1-3-9-5-4-6-14-10(9)7-13-8-12(2,17)11(15)16/h4-6,13,17H,3,7-8H2,1-2H3,(H,15,16). The molecule has 1 rings (SSSR count). The van der Waals surface area contributed by atoms with Crippen LogP contribution < -0.4 is 5.32 Å². The van der Waals surface area contributed by atoms with Crippen LogP contribution in [0.15, 0.2) is 18.3 Å². The van der Waals surface area contributed by atoms with Gasteiger partial charge in [-0.2, -0.15) is 0 Å². The Kier molecular flexibility index (Phi) is 4.60. The molecular weight excluding hydrogens is 220 g/mol. The van der Waals surface area contributed by atoms with Gasteiger partial charge >= 0.3 is 5.97 Å². The fourth-order valence-electron chi connectivity index (χ4n) is 1.45. The van der Waals surface area contributed by atoms with E-state index in [1.807, 2.05) is 19.1 Å². The summed E-state index contributed by atoms with van der Waals surface area (Å²) in [6, 6.07) is 3.86. The van der Waals surface area contributed by atoms with Crippen LogP contribution in [0.2, 0.25) is 0 Å². The molecule has 0 amide bonds. The summed E-state index contributed by atoms with van der Waals surface area (Å²) in [5.74, 6) is -1.23. The van der Waals surface area contributed by atoms with Gasteiger partial charge in [-0.1, -0.05) is 13.0 Å². The fourth-order valence-corrected chi connectivity index (χ4v) is 1.45. The zero-order chi connectivity index (χ0) is 12.9. The predicted molar refractivity (Wildman–Crippen MR) is 63.6 cm³/mol. The first-order chi connectivity index (χ1) is 7.97. The number of aromatic nitrogens is 1. The molecule has 17 heavy (non-hydrogen) atoms. The highest BCUT2D eigenvalue weighted by molar-refractivity contribution is 5.76. The molecule has 0 aliphatic rings. The van der Waals surface area contributed by atoms with Gasteiger partial charge in [0.25, 0.3) is 0 Å². The molecule has 0 fully saturated rings. The molecule has 1 aromatic heterocycles. The van der Waals surface area contributed by atoms with E-state index in [0.29, 0.717) is 6.54 Å². The summed E-state index contributed by atoms with van der Waals surface area (Å²) in [6.07, 6.45) is 2.58. The zero-order valence-electron chi connectivity index (χ0n) is 10.1. The molecule has 1 atom stereocenters. The van der Waals surface area contributed by atoms with Crippen molar-refractivity contribution in [3.8, 4) is 0 Å². The van der Waals surface area contributed by atoms with Crippen LogP contribution in [-0.2, 0) is 17.8 Å². The number of hydrogen-bond acceptors (Lipinski definition) is 4. The second kappa shape index (κ2) is 5.75. The molecule has 0 aliphatic carbocycles. The molecule has 94 valence electrons. The minimum Gasteiger partial charge on any atom is -0.479 e. The zero-order valence-corrected chi connectivity index (χ0v) is 10.1. The van der Waals surface area contributed by atoms with Gasteiger partial charge in [0.1, 0.15) is 0 Å². The summed E-state index contributed by atoms with van der Waals surface area (Å²) in [5, 5.41) is 21.2. The minimum absolute atomic E-state index is 0.0118. The molecular formula is C12H18N2O3. The Morgan fingerprint density at radius 3 is 2.88 bits per heavy atom. The van der Waals surface area contributed by atoms with Gasteiger partial charge in [-0.15, -0.1) is 0 Å². The van der Waals surface area contributed by atoms with Crippen molar-refractivity contribution in [2.45, 2.75) is 32.4 Å². The van der Waals surface area contributed by atoms with Crippen molar-refractivity contribution >= 4 is 5.97 Å². The molecule has 0 aromatic carbocycles. The van der Waals surface area contributed by atoms with Crippen molar-refractivity contribution in [1.82, 2.24) is 10.3 Å². The lowest BCUT2D eigenvalue weighted by Gasteiger charge is -2.18. The number of carboxylic acid groups (broad SMARTS) is 1. The second-order valence-corrected chi connectivity index (χ2v) is 4.15. The highest BCUT2D eigenvalue weighted by Gasteiger charge is 2.29. The van der Waals surface area contributed by atoms with Gasteiger partial charge in [-0.05, 0) is 25.0 Å². The Bertz CT molecular complexity index is 391. The maximum atomic E-state index is 10.7. The van der Waals surface area contributed by atoms with Gasteiger partial charge in [0.05, 0.1) is 5.69 Å². The fraction of sp³-hybridized carbons (Fsp3) is 0.500. The number of aryl methyl sites for hydroxylation is 1. The topological polar surface area (TPSA) is 82.5 Å². The normalized spacial score (nSPS) is 14.3. The van der Waals surface area contributed by atoms with Gasteiger partial charge < -0.3 is 15.5 Å². The van der Waals surface area contributed by atoms with E-state index >= 15 is 0 Å². The van der Waals surface area contributed by atoms with E-state index in [0.717, 1.165) is 17.7 Å². The van der Waals surface area contributed by atoms with Crippen molar-refractivity contribution in [1.29, 1.82) is 0 Å². The van der Waals surface area contributed by atoms with E-state index < -0.39 is 11.6 Å². The Morgan fingerprint density at radius 1 is 1.59 bits per heavy atom. The number of aliphatic hydroxyl groups is 1. The summed E-state index contributed by atoms with van der Waals surface area (Å²) in [6.45, 7) is 3.74. The predicted octanol–water partition coefficient (Wildman–Crippen LogP) is 0.569. The van der Waals surface area contributed by atoms with Crippen LogP contribution >= 0.6 is 0 Å². The summed E-state index contributed by atoms with van der Waals surface area (Å²) in [4.78, 5) is 14.9. The number of aliphatic carboxylic acids is 1. The number of carbonyl (C=O) groups is 1. The molecule has 0 radical (unpaired) electrons. The maximum Gasteiger partial charge on any atom is 0.336 e. The van der Waals surface area contributed by atoms with Crippen LogP contribution in [0.4, 0.5) is 0 Å². The van der Waals surface area contributed by atoms with Crippen molar-refractivity contribution in [3.63, 3.8) is 0 Å². The monoisotopic (exact) mass is 238 g/mol. The van der Waals surface area contributed by atoms with Crippen molar-refractivity contribution < 1.29 is 15.0 Å². The lowest BCUT2D eigenvalue weighted by Crippen LogP contribution is -2.44. The molecule has 1 heterocycles. The van der Waals surface area contributed by atoms with Gasteiger partial charge in [-0.25, -0.2) is 4.79 Å². The third kappa shape index (κ3) is 3.80. The highest BCUT2D eigenvalue weighted by Crippen LogP contribution is 2.07. The first-order valence-electron chi connectivity index (χ1n) is 5.56. The van der Waals surface area contributed by atoms with E-state index in [4.69, 9.17) is 5.11 Å². The third-order valence-electron chi connectivity index (χ3n) is 2.59. The summed E-state index contributed by atoms with van der Waals surface area (Å²) in [7, 11) is 0. The van der Waals surface area contributed by atoms with Crippen molar-refractivity contribution in [2.75, 3.05) is 6.54 Å². The van der Waals surface area contributed by atoms with E-state index in [1.165, 1.54) is 6.92 Å². The molecule has 0 saturated heterocycles. The summed E-state index contributed by atoms with van der Waals surface area (Å²) < 4.78 is 0. The SMILES string of the molecule is CCc1cccnc1CNCC(C)(O)C(=O)O. The lowest BCUT2D eigenvalue weighted by atomic mass is 10.1. The Morgan fingerprint density at radius 2 is 2.29 bits per heavy atom. The number of nitrogens with zero attached hydrogens (tertiary/aromatic N) is 1. The molecule has 5 nitrogen and oxygen atoms in total. The minimum atomic E-state index is -1.75. The van der Waals surface area contributed by atoms with Gasteiger partial charge in [0.2, 0.25) is 0 Å². The van der Waals surface area contributed by atoms with Crippen LogP contribution in [0.1, 0.15) is 25.1 Å². The molecule has 0 bridgehead atoms. The molecule has 1 unspecified atom stereocenters. The van der Waals surface area contributed by atoms with E-state index in [1.54, 1.807) is 6.20 Å².